The van der Waals surface area contributed by atoms with Gasteiger partial charge in [0.2, 0.25) is 0 Å². The largest absolute Gasteiger partial charge is 0.493 e. The second kappa shape index (κ2) is 10.1. The standard InChI is InChI=1S/C26H29N7O2/c1-31(2)13-14-33-18-20(17-28-33)19-8-9-23-21(16-19)26(34)30-24-7-5-6-22(29-24)25-27-10-12-32(25)11-3-4-15-35-23/h5-10,12,16-18H,3-4,11,13-15H2,1-2H3,(H,29,30,34). The number of ether oxygens (including phenoxy) is 1. The summed E-state index contributed by atoms with van der Waals surface area (Å²) >= 11 is 0. The fourth-order valence-corrected chi connectivity index (χ4v) is 4.05. The van der Waals surface area contributed by atoms with E-state index in [9.17, 15) is 4.79 Å². The molecule has 4 aromatic rings. The number of carbonyl (C=O) groups excluding carboxylic acids is 1. The van der Waals surface area contributed by atoms with E-state index in [0.717, 1.165) is 55.1 Å². The lowest BCUT2D eigenvalue weighted by atomic mass is 10.0. The van der Waals surface area contributed by atoms with Gasteiger partial charge in [0.1, 0.15) is 17.3 Å². The summed E-state index contributed by atoms with van der Waals surface area (Å²) in [5.41, 5.74) is 3.05. The van der Waals surface area contributed by atoms with Crippen molar-refractivity contribution in [2.24, 2.45) is 0 Å². The van der Waals surface area contributed by atoms with Crippen LogP contribution in [0.25, 0.3) is 22.6 Å². The molecule has 0 atom stereocenters. The number of nitrogens with zero attached hydrogens (tertiary/aromatic N) is 6. The van der Waals surface area contributed by atoms with Gasteiger partial charge in [-0.05, 0) is 56.8 Å². The number of rotatable bonds is 4. The highest BCUT2D eigenvalue weighted by molar-refractivity contribution is 6.06. The lowest BCUT2D eigenvalue weighted by Crippen LogP contribution is -2.18. The van der Waals surface area contributed by atoms with Crippen LogP contribution in [0.5, 0.6) is 5.75 Å². The van der Waals surface area contributed by atoms with E-state index in [0.29, 0.717) is 23.7 Å². The van der Waals surface area contributed by atoms with Gasteiger partial charge in [-0.3, -0.25) is 9.48 Å². The van der Waals surface area contributed by atoms with Crippen molar-refractivity contribution in [3.05, 3.63) is 66.7 Å². The van der Waals surface area contributed by atoms with Crippen molar-refractivity contribution < 1.29 is 9.53 Å². The maximum atomic E-state index is 13.4. The number of hydrogen-bond acceptors (Lipinski definition) is 6. The van der Waals surface area contributed by atoms with Gasteiger partial charge in [-0.25, -0.2) is 9.97 Å². The van der Waals surface area contributed by atoms with Gasteiger partial charge in [0.05, 0.1) is 24.9 Å². The highest BCUT2D eigenvalue weighted by Gasteiger charge is 2.17. The van der Waals surface area contributed by atoms with Crippen LogP contribution in [0.1, 0.15) is 23.2 Å². The van der Waals surface area contributed by atoms with Crippen molar-refractivity contribution in [3.8, 4) is 28.4 Å². The van der Waals surface area contributed by atoms with Gasteiger partial charge in [-0.15, -0.1) is 0 Å². The molecule has 0 unspecified atom stereocenters. The maximum absolute atomic E-state index is 13.4. The number of likely N-dealkylation sites (N-methyl/N-ethyl adjacent to an activating group) is 1. The summed E-state index contributed by atoms with van der Waals surface area (Å²) in [6, 6.07) is 11.3. The van der Waals surface area contributed by atoms with Crippen LogP contribution in [0, 0.1) is 0 Å². The Bertz CT molecular complexity index is 1320. The Labute approximate surface area is 204 Å². The van der Waals surface area contributed by atoms with Crippen molar-refractivity contribution >= 4 is 11.7 Å². The number of imidazole rings is 1. The van der Waals surface area contributed by atoms with Crippen LogP contribution in [-0.2, 0) is 13.1 Å². The van der Waals surface area contributed by atoms with Crippen LogP contribution in [0.3, 0.4) is 0 Å². The third-order valence-electron chi connectivity index (χ3n) is 5.95. The van der Waals surface area contributed by atoms with Gasteiger partial charge < -0.3 is 19.5 Å². The van der Waals surface area contributed by atoms with Gasteiger partial charge in [0.25, 0.3) is 5.91 Å². The molecule has 9 heteroatoms. The molecule has 1 amide bonds. The van der Waals surface area contributed by atoms with Crippen LogP contribution in [0.2, 0.25) is 0 Å². The second-order valence-corrected chi connectivity index (χ2v) is 8.87. The molecule has 0 aliphatic carbocycles. The predicted molar refractivity (Wildman–Crippen MR) is 134 cm³/mol. The smallest absolute Gasteiger partial charge is 0.260 e. The SMILES string of the molecule is CN(C)CCn1cc(-c2ccc3c(c2)C(=O)Nc2cccc(n2)-c2nccn2CCCCO3)cn1. The van der Waals surface area contributed by atoms with Gasteiger partial charge >= 0.3 is 0 Å². The first-order valence-corrected chi connectivity index (χ1v) is 11.8. The van der Waals surface area contributed by atoms with Crippen LogP contribution in [-0.4, -0.2) is 62.4 Å². The fraction of sp³-hybridized carbons (Fsp3) is 0.308. The first kappa shape index (κ1) is 22.8. The Hall–Kier alpha value is -3.98. The molecule has 9 nitrogen and oxygen atoms in total. The average molecular weight is 472 g/mol. The zero-order valence-corrected chi connectivity index (χ0v) is 20.0. The summed E-state index contributed by atoms with van der Waals surface area (Å²) in [7, 11) is 4.07. The summed E-state index contributed by atoms with van der Waals surface area (Å²) in [6.07, 6.45) is 9.33. The molecule has 2 bridgehead atoms. The minimum absolute atomic E-state index is 0.271. The molecule has 5 rings (SSSR count). The molecule has 180 valence electrons. The fourth-order valence-electron chi connectivity index (χ4n) is 4.05. The molecule has 0 saturated carbocycles. The Morgan fingerprint density at radius 3 is 2.94 bits per heavy atom. The summed E-state index contributed by atoms with van der Waals surface area (Å²) in [4.78, 5) is 24.6. The Kier molecular flexibility index (Phi) is 6.58. The topological polar surface area (TPSA) is 90.1 Å². The number of benzene rings is 1. The third-order valence-corrected chi connectivity index (χ3v) is 5.95. The molecule has 35 heavy (non-hydrogen) atoms. The van der Waals surface area contributed by atoms with E-state index in [2.05, 4.69) is 29.9 Å². The first-order chi connectivity index (χ1) is 17.1. The summed E-state index contributed by atoms with van der Waals surface area (Å²) < 4.78 is 10.1. The van der Waals surface area contributed by atoms with E-state index in [-0.39, 0.29) is 5.91 Å². The van der Waals surface area contributed by atoms with Gasteiger partial charge in [-0.1, -0.05) is 12.1 Å². The number of carbonyl (C=O) groups is 1. The monoisotopic (exact) mass is 471 g/mol. The van der Waals surface area contributed by atoms with Crippen LogP contribution in [0.4, 0.5) is 5.82 Å². The predicted octanol–water partition coefficient (Wildman–Crippen LogP) is 3.80. The number of aromatic nitrogens is 5. The number of aryl methyl sites for hydroxylation is 1. The molecular formula is C26H29N7O2. The number of hydrogen-bond donors (Lipinski definition) is 1. The van der Waals surface area contributed by atoms with Crippen molar-refractivity contribution in [1.82, 2.24) is 29.2 Å². The zero-order valence-electron chi connectivity index (χ0n) is 20.0. The normalized spacial score (nSPS) is 14.0. The first-order valence-electron chi connectivity index (χ1n) is 11.8. The minimum Gasteiger partial charge on any atom is -0.493 e. The average Bonchev–Trinajstić information content (AvgIpc) is 3.52. The second-order valence-electron chi connectivity index (χ2n) is 8.87. The molecular weight excluding hydrogens is 442 g/mol. The van der Waals surface area contributed by atoms with Gasteiger partial charge in [0, 0.05) is 37.2 Å². The highest BCUT2D eigenvalue weighted by atomic mass is 16.5. The van der Waals surface area contributed by atoms with E-state index in [1.807, 2.05) is 67.7 Å². The van der Waals surface area contributed by atoms with Gasteiger partial charge in [0.15, 0.2) is 5.82 Å². The number of fused-ring (bicyclic) bond motifs is 5. The van der Waals surface area contributed by atoms with Crippen LogP contribution in [0.15, 0.2) is 61.2 Å². The van der Waals surface area contributed by atoms with Crippen LogP contribution >= 0.6 is 0 Å². The highest BCUT2D eigenvalue weighted by Crippen LogP contribution is 2.28. The molecule has 4 heterocycles. The molecule has 1 aliphatic rings. The van der Waals surface area contributed by atoms with E-state index in [1.54, 1.807) is 12.3 Å². The number of pyridine rings is 1. The lowest BCUT2D eigenvalue weighted by molar-refractivity contribution is 0.102. The zero-order chi connectivity index (χ0) is 24.2. The number of nitrogens with one attached hydrogen (secondary N) is 1. The van der Waals surface area contributed by atoms with E-state index >= 15 is 0 Å². The minimum atomic E-state index is -0.271. The van der Waals surface area contributed by atoms with Gasteiger partial charge in [-0.2, -0.15) is 5.10 Å². The molecule has 0 fully saturated rings. The van der Waals surface area contributed by atoms with Crippen LogP contribution < -0.4 is 10.1 Å². The summed E-state index contributed by atoms with van der Waals surface area (Å²) in [5, 5.41) is 7.41. The quantitative estimate of drug-likeness (QED) is 0.487. The number of amides is 1. The van der Waals surface area contributed by atoms with E-state index in [4.69, 9.17) is 4.74 Å². The Balaban J connectivity index is 1.46. The molecule has 1 aromatic carbocycles. The van der Waals surface area contributed by atoms with Crippen molar-refractivity contribution in [3.63, 3.8) is 0 Å². The molecule has 0 spiro atoms. The Morgan fingerprint density at radius 1 is 1.14 bits per heavy atom. The van der Waals surface area contributed by atoms with Crippen molar-refractivity contribution in [2.75, 3.05) is 32.6 Å². The third kappa shape index (κ3) is 5.25. The lowest BCUT2D eigenvalue weighted by Gasteiger charge is -2.15. The van der Waals surface area contributed by atoms with Crippen molar-refractivity contribution in [2.45, 2.75) is 25.9 Å². The summed E-state index contributed by atoms with van der Waals surface area (Å²) in [6.45, 7) is 3.03. The van der Waals surface area contributed by atoms with E-state index in [1.165, 1.54) is 0 Å². The maximum Gasteiger partial charge on any atom is 0.260 e. The van der Waals surface area contributed by atoms with Crippen molar-refractivity contribution in [1.29, 1.82) is 0 Å². The molecule has 0 saturated heterocycles. The molecule has 1 N–H and O–H groups in total. The Morgan fingerprint density at radius 2 is 2.06 bits per heavy atom. The molecule has 1 aliphatic heterocycles. The molecule has 0 radical (unpaired) electrons. The molecule has 3 aromatic heterocycles. The number of anilines is 1. The van der Waals surface area contributed by atoms with E-state index < -0.39 is 0 Å². The summed E-state index contributed by atoms with van der Waals surface area (Å²) in [5.74, 6) is 1.54.